The van der Waals surface area contributed by atoms with Gasteiger partial charge in [-0.2, -0.15) is 0 Å². The van der Waals surface area contributed by atoms with Gasteiger partial charge in [-0.25, -0.2) is 0 Å². The van der Waals surface area contributed by atoms with Crippen LogP contribution in [0.25, 0.3) is 0 Å². The van der Waals surface area contributed by atoms with E-state index in [0.717, 1.165) is 70.6 Å². The van der Waals surface area contributed by atoms with Gasteiger partial charge in [-0.3, -0.25) is 14.4 Å². The molecule has 340 valence electrons. The van der Waals surface area contributed by atoms with Crippen molar-refractivity contribution < 1.29 is 28.6 Å². The third-order valence-electron chi connectivity index (χ3n) is 11.2. The highest BCUT2D eigenvalue weighted by Gasteiger charge is 2.19. The number of carbonyl (C=O) groups is 3. The highest BCUT2D eigenvalue weighted by Crippen LogP contribution is 2.15. The number of carbonyl (C=O) groups excluding carboxylic acids is 3. The minimum Gasteiger partial charge on any atom is -0.462 e. The Labute approximate surface area is 360 Å². The van der Waals surface area contributed by atoms with Crippen molar-refractivity contribution in [1.29, 1.82) is 0 Å². The summed E-state index contributed by atoms with van der Waals surface area (Å²) in [5.41, 5.74) is 0. The lowest BCUT2D eigenvalue weighted by molar-refractivity contribution is -0.167. The third-order valence-corrected chi connectivity index (χ3v) is 11.2. The molecule has 0 bridgehead atoms. The molecule has 6 nitrogen and oxygen atoms in total. The summed E-state index contributed by atoms with van der Waals surface area (Å²) in [6.07, 6.45) is 53.0. The van der Waals surface area contributed by atoms with Crippen molar-refractivity contribution in [3.8, 4) is 0 Å². The molecule has 0 rings (SSSR count). The summed E-state index contributed by atoms with van der Waals surface area (Å²) < 4.78 is 16.7. The van der Waals surface area contributed by atoms with E-state index in [2.05, 4.69) is 45.1 Å². The first kappa shape index (κ1) is 55.9. The van der Waals surface area contributed by atoms with Gasteiger partial charge in [-0.05, 0) is 44.9 Å². The molecule has 0 aromatic carbocycles. The van der Waals surface area contributed by atoms with E-state index in [9.17, 15) is 14.4 Å². The van der Waals surface area contributed by atoms with Crippen LogP contribution < -0.4 is 0 Å². The second kappa shape index (κ2) is 47.6. The summed E-state index contributed by atoms with van der Waals surface area (Å²) in [4.78, 5) is 37.8. The number of hydrogen-bond acceptors (Lipinski definition) is 6. The SMILES string of the molecule is CCCCCCCCC/C=C\C=C/CCCCCC(=O)OCC(COC(=O)CCCCCCCCCCCC)OC(=O)CCCCCCCCCCCCCCCC. The first-order valence-corrected chi connectivity index (χ1v) is 25.4. The number of unbranched alkanes of at least 4 members (excludes halogenated alkanes) is 32. The molecule has 1 unspecified atom stereocenters. The van der Waals surface area contributed by atoms with Crippen molar-refractivity contribution in [3.05, 3.63) is 24.3 Å². The maximum Gasteiger partial charge on any atom is 0.306 e. The molecule has 0 N–H and O–H groups in total. The summed E-state index contributed by atoms with van der Waals surface area (Å²) >= 11 is 0. The predicted octanol–water partition coefficient (Wildman–Crippen LogP) is 16.4. The molecule has 0 aliphatic heterocycles. The van der Waals surface area contributed by atoms with Crippen LogP contribution >= 0.6 is 0 Å². The van der Waals surface area contributed by atoms with Crippen LogP contribution in [0.3, 0.4) is 0 Å². The Kier molecular flexibility index (Phi) is 45.8. The predicted molar refractivity (Wildman–Crippen MR) is 247 cm³/mol. The summed E-state index contributed by atoms with van der Waals surface area (Å²) in [5.74, 6) is -0.892. The fraction of sp³-hybridized carbons (Fsp3) is 0.865. The Hall–Kier alpha value is -2.11. The van der Waals surface area contributed by atoms with Crippen molar-refractivity contribution in [2.75, 3.05) is 13.2 Å². The highest BCUT2D eigenvalue weighted by molar-refractivity contribution is 5.71. The molecule has 0 aliphatic rings. The topological polar surface area (TPSA) is 78.9 Å². The molecule has 0 aromatic rings. The first-order chi connectivity index (χ1) is 28.5. The van der Waals surface area contributed by atoms with Crippen LogP contribution in [0, 0.1) is 0 Å². The molecule has 0 aromatic heterocycles. The van der Waals surface area contributed by atoms with Crippen molar-refractivity contribution >= 4 is 17.9 Å². The van der Waals surface area contributed by atoms with E-state index in [1.165, 1.54) is 161 Å². The number of rotatable bonds is 46. The average Bonchev–Trinajstić information content (AvgIpc) is 3.22. The third kappa shape index (κ3) is 45.0. The molecule has 0 spiro atoms. The van der Waals surface area contributed by atoms with Crippen LogP contribution in [0.4, 0.5) is 0 Å². The second-order valence-electron chi connectivity index (χ2n) is 17.1. The van der Waals surface area contributed by atoms with E-state index < -0.39 is 6.10 Å². The molecule has 0 aliphatic carbocycles. The molecule has 0 saturated carbocycles. The Morgan fingerprint density at radius 3 is 0.931 bits per heavy atom. The molecule has 0 amide bonds. The number of ether oxygens (including phenoxy) is 3. The van der Waals surface area contributed by atoms with Gasteiger partial charge in [0.25, 0.3) is 0 Å². The summed E-state index contributed by atoms with van der Waals surface area (Å²) in [6.45, 7) is 6.62. The molecule has 58 heavy (non-hydrogen) atoms. The van der Waals surface area contributed by atoms with Crippen LogP contribution in [0.1, 0.15) is 271 Å². The van der Waals surface area contributed by atoms with E-state index in [0.29, 0.717) is 19.3 Å². The van der Waals surface area contributed by atoms with Crippen molar-refractivity contribution in [3.63, 3.8) is 0 Å². The zero-order chi connectivity index (χ0) is 42.3. The van der Waals surface area contributed by atoms with Gasteiger partial charge in [0.2, 0.25) is 0 Å². The lowest BCUT2D eigenvalue weighted by atomic mass is 10.0. The highest BCUT2D eigenvalue weighted by atomic mass is 16.6. The molecule has 1 atom stereocenters. The van der Waals surface area contributed by atoms with Gasteiger partial charge in [0.05, 0.1) is 0 Å². The normalized spacial score (nSPS) is 12.1. The monoisotopic (exact) mass is 817 g/mol. The molecular formula is C52H96O6. The van der Waals surface area contributed by atoms with Gasteiger partial charge in [-0.1, -0.05) is 231 Å². The molecular weight excluding hydrogens is 721 g/mol. The van der Waals surface area contributed by atoms with Gasteiger partial charge in [0.15, 0.2) is 6.10 Å². The quantitative estimate of drug-likeness (QED) is 0.0263. The van der Waals surface area contributed by atoms with Gasteiger partial charge in [0.1, 0.15) is 13.2 Å². The van der Waals surface area contributed by atoms with Gasteiger partial charge >= 0.3 is 17.9 Å². The lowest BCUT2D eigenvalue weighted by Gasteiger charge is -2.18. The van der Waals surface area contributed by atoms with Crippen molar-refractivity contribution in [2.24, 2.45) is 0 Å². The zero-order valence-electron chi connectivity index (χ0n) is 38.8. The molecule has 0 heterocycles. The summed E-state index contributed by atoms with van der Waals surface area (Å²) in [6, 6.07) is 0. The van der Waals surface area contributed by atoms with E-state index in [4.69, 9.17) is 14.2 Å². The smallest absolute Gasteiger partial charge is 0.306 e. The molecule has 6 heteroatoms. The lowest BCUT2D eigenvalue weighted by Crippen LogP contribution is -2.30. The van der Waals surface area contributed by atoms with Crippen LogP contribution in [-0.2, 0) is 28.6 Å². The fourth-order valence-electron chi connectivity index (χ4n) is 7.37. The zero-order valence-corrected chi connectivity index (χ0v) is 38.8. The minimum atomic E-state index is -0.774. The van der Waals surface area contributed by atoms with E-state index in [-0.39, 0.29) is 31.1 Å². The summed E-state index contributed by atoms with van der Waals surface area (Å²) in [7, 11) is 0. The Morgan fingerprint density at radius 2 is 0.603 bits per heavy atom. The van der Waals surface area contributed by atoms with Gasteiger partial charge in [0, 0.05) is 19.3 Å². The van der Waals surface area contributed by atoms with Crippen LogP contribution in [0.5, 0.6) is 0 Å². The first-order valence-electron chi connectivity index (χ1n) is 25.4. The van der Waals surface area contributed by atoms with Gasteiger partial charge < -0.3 is 14.2 Å². The largest absolute Gasteiger partial charge is 0.462 e. The van der Waals surface area contributed by atoms with E-state index in [1.54, 1.807) is 0 Å². The number of esters is 3. The van der Waals surface area contributed by atoms with Gasteiger partial charge in [-0.15, -0.1) is 0 Å². The molecule has 0 radical (unpaired) electrons. The van der Waals surface area contributed by atoms with Crippen LogP contribution in [0.2, 0.25) is 0 Å². The molecule has 0 fully saturated rings. The minimum absolute atomic E-state index is 0.0752. The van der Waals surface area contributed by atoms with E-state index >= 15 is 0 Å². The Bertz CT molecular complexity index is 942. The fourth-order valence-corrected chi connectivity index (χ4v) is 7.37. The second-order valence-corrected chi connectivity index (χ2v) is 17.1. The maximum atomic E-state index is 12.8. The molecule has 0 saturated heterocycles. The van der Waals surface area contributed by atoms with Crippen molar-refractivity contribution in [1.82, 2.24) is 0 Å². The Balaban J connectivity index is 4.36. The average molecular weight is 817 g/mol. The van der Waals surface area contributed by atoms with Crippen LogP contribution in [-0.4, -0.2) is 37.2 Å². The Morgan fingerprint density at radius 1 is 0.345 bits per heavy atom. The maximum absolute atomic E-state index is 12.8. The number of allylic oxidation sites excluding steroid dienone is 4. The standard InChI is InChI=1S/C52H96O6/c1-4-7-10-13-16-19-22-24-26-27-29-30-33-36-39-42-45-51(54)57-48-49(47-56-50(53)44-41-38-35-32-21-18-15-12-9-6-3)58-52(55)46-43-40-37-34-31-28-25-23-20-17-14-11-8-5-2/h26-27,29-30,49H,4-25,28,31-48H2,1-3H3/b27-26-,30-29-. The number of hydrogen-bond donors (Lipinski definition) is 0. The summed E-state index contributed by atoms with van der Waals surface area (Å²) in [5, 5.41) is 0. The van der Waals surface area contributed by atoms with Crippen molar-refractivity contribution in [2.45, 2.75) is 277 Å². The van der Waals surface area contributed by atoms with E-state index in [1.807, 2.05) is 0 Å². The van der Waals surface area contributed by atoms with Crippen LogP contribution in [0.15, 0.2) is 24.3 Å².